The molecule has 0 N–H and O–H groups in total. The van der Waals surface area contributed by atoms with Crippen molar-refractivity contribution in [3.05, 3.63) is 47.9 Å². The molecule has 2 atom stereocenters. The molecule has 0 aromatic heterocycles. The molecule has 1 rings (SSSR count). The van der Waals surface area contributed by atoms with Crippen molar-refractivity contribution in [2.24, 2.45) is 0 Å². The molecule has 0 fully saturated rings. The van der Waals surface area contributed by atoms with Crippen LogP contribution in [0.15, 0.2) is 47.9 Å². The van der Waals surface area contributed by atoms with E-state index in [2.05, 4.69) is 57.3 Å². The number of hydrogen-bond acceptors (Lipinski definition) is 1. The summed E-state index contributed by atoms with van der Waals surface area (Å²) in [7, 11) is 3.07. The van der Waals surface area contributed by atoms with Gasteiger partial charge in [0.05, 0.1) is 0 Å². The highest BCUT2D eigenvalue weighted by atomic mass is 31.1. The second kappa shape index (κ2) is 9.19. The first-order valence-electron chi connectivity index (χ1n) is 7.72. The average Bonchev–Trinajstić information content (AvgIpc) is 2.46. The fraction of sp³-hybridized carbons (Fsp3) is 0.556. The van der Waals surface area contributed by atoms with Gasteiger partial charge < -0.3 is 4.90 Å². The minimum atomic E-state index is 0.678. The molecule has 2 heteroatoms. The Labute approximate surface area is 127 Å². The van der Waals surface area contributed by atoms with E-state index in [9.17, 15) is 0 Å². The summed E-state index contributed by atoms with van der Waals surface area (Å²) in [6, 6.07) is 0. The highest BCUT2D eigenvalue weighted by Gasteiger charge is 2.16. The van der Waals surface area contributed by atoms with Gasteiger partial charge in [-0.1, -0.05) is 37.3 Å². The van der Waals surface area contributed by atoms with Crippen LogP contribution in [-0.2, 0) is 0 Å². The zero-order valence-corrected chi connectivity index (χ0v) is 14.6. The molecule has 20 heavy (non-hydrogen) atoms. The molecule has 0 heterocycles. The first kappa shape index (κ1) is 17.2. The van der Waals surface area contributed by atoms with Crippen molar-refractivity contribution in [3.63, 3.8) is 0 Å². The Morgan fingerprint density at radius 2 is 2.15 bits per heavy atom. The van der Waals surface area contributed by atoms with Gasteiger partial charge in [0, 0.05) is 18.4 Å². The molecule has 1 nitrogen and oxygen atoms in total. The number of rotatable bonds is 5. The van der Waals surface area contributed by atoms with Gasteiger partial charge in [0.15, 0.2) is 0 Å². The predicted molar refractivity (Wildman–Crippen MR) is 94.7 cm³/mol. The van der Waals surface area contributed by atoms with Gasteiger partial charge in [0.1, 0.15) is 0 Å². The Balaban J connectivity index is 3.16. The van der Waals surface area contributed by atoms with E-state index in [-0.39, 0.29) is 0 Å². The summed E-state index contributed by atoms with van der Waals surface area (Å²) in [5.41, 5.74) is 5.09. The number of likely N-dealkylation sites (N-methyl/N-ethyl adjacent to an activating group) is 1. The van der Waals surface area contributed by atoms with Crippen molar-refractivity contribution >= 4 is 8.58 Å². The van der Waals surface area contributed by atoms with Crippen LogP contribution in [0.4, 0.5) is 0 Å². The van der Waals surface area contributed by atoms with E-state index in [0.29, 0.717) is 5.66 Å². The lowest BCUT2D eigenvalue weighted by molar-refractivity contribution is 0.567. The van der Waals surface area contributed by atoms with Crippen LogP contribution < -0.4 is 0 Å². The number of nitrogens with zero attached hydrogens (tertiary/aromatic N) is 1. The average molecular weight is 291 g/mol. The van der Waals surface area contributed by atoms with Crippen molar-refractivity contribution in [3.8, 4) is 0 Å². The van der Waals surface area contributed by atoms with E-state index in [1.807, 2.05) is 6.20 Å². The summed E-state index contributed by atoms with van der Waals surface area (Å²) >= 11 is 0. The highest BCUT2D eigenvalue weighted by molar-refractivity contribution is 7.38. The van der Waals surface area contributed by atoms with Gasteiger partial charge in [-0.2, -0.15) is 0 Å². The largest absolute Gasteiger partial charge is 0.352 e. The Morgan fingerprint density at radius 3 is 2.75 bits per heavy atom. The van der Waals surface area contributed by atoms with E-state index in [1.165, 1.54) is 36.1 Å². The second-order valence-corrected chi connectivity index (χ2v) is 6.74. The Morgan fingerprint density at radius 1 is 1.40 bits per heavy atom. The first-order valence-corrected chi connectivity index (χ1v) is 9.30. The third-order valence-electron chi connectivity index (χ3n) is 4.00. The standard InChI is InChI=1S/C18H30NP/c1-6-18(20-5)16-13-10-12-15(3)11-8-9-14-17(16)19(4)7-2/h7,12-14,18,20H,2,6,8-11H2,1,3-5H3/b15-12+,16-13+,17-14-. The molecular formula is C18H30NP. The Bertz CT molecular complexity index is 400. The molecule has 0 bridgehead atoms. The van der Waals surface area contributed by atoms with Gasteiger partial charge in [-0.05, 0) is 57.5 Å². The van der Waals surface area contributed by atoms with Crippen molar-refractivity contribution in [1.82, 2.24) is 4.90 Å². The monoisotopic (exact) mass is 291 g/mol. The van der Waals surface area contributed by atoms with Crippen LogP contribution in [0, 0.1) is 0 Å². The molecule has 0 aliphatic heterocycles. The summed E-state index contributed by atoms with van der Waals surface area (Å²) in [5, 5.41) is 0. The van der Waals surface area contributed by atoms with Gasteiger partial charge >= 0.3 is 0 Å². The van der Waals surface area contributed by atoms with E-state index < -0.39 is 0 Å². The fourth-order valence-electron chi connectivity index (χ4n) is 2.68. The zero-order valence-electron chi connectivity index (χ0n) is 13.6. The zero-order chi connectivity index (χ0) is 15.0. The molecule has 0 saturated carbocycles. The van der Waals surface area contributed by atoms with Crippen LogP contribution in [0.1, 0.15) is 46.0 Å². The first-order chi connectivity index (χ1) is 9.63. The van der Waals surface area contributed by atoms with E-state index in [0.717, 1.165) is 21.4 Å². The van der Waals surface area contributed by atoms with Gasteiger partial charge in [0.25, 0.3) is 0 Å². The molecule has 0 amide bonds. The molecule has 2 unspecified atom stereocenters. The lowest BCUT2D eigenvalue weighted by Crippen LogP contribution is -2.18. The third kappa shape index (κ3) is 4.94. The van der Waals surface area contributed by atoms with E-state index in [4.69, 9.17) is 0 Å². The summed E-state index contributed by atoms with van der Waals surface area (Å²) in [6.45, 7) is 10.8. The summed E-state index contributed by atoms with van der Waals surface area (Å²) in [5.74, 6) is 0. The number of hydrogen-bond donors (Lipinski definition) is 0. The van der Waals surface area contributed by atoms with Crippen molar-refractivity contribution in [2.75, 3.05) is 13.7 Å². The Hall–Kier alpha value is -0.810. The molecule has 0 aromatic rings. The maximum atomic E-state index is 3.94. The molecule has 0 radical (unpaired) electrons. The summed E-state index contributed by atoms with van der Waals surface area (Å²) in [4.78, 5) is 2.19. The molecule has 1 aliphatic rings. The molecule has 1 aliphatic carbocycles. The Kier molecular flexibility index (Phi) is 7.92. The maximum absolute atomic E-state index is 3.94. The van der Waals surface area contributed by atoms with Crippen molar-refractivity contribution < 1.29 is 0 Å². The topological polar surface area (TPSA) is 3.24 Å². The molecule has 0 saturated heterocycles. The normalized spacial score (nSPS) is 26.9. The van der Waals surface area contributed by atoms with Crippen LogP contribution in [0.2, 0.25) is 0 Å². The number of allylic oxidation sites excluding steroid dienone is 5. The SMILES string of the molecule is C=CN(C)C1=C\CCC/C(C)=C/C/C=C\1C(CC)PC. The minimum Gasteiger partial charge on any atom is -0.352 e. The van der Waals surface area contributed by atoms with Crippen LogP contribution in [0.25, 0.3) is 0 Å². The molecule has 112 valence electrons. The van der Waals surface area contributed by atoms with Gasteiger partial charge in [-0.3, -0.25) is 0 Å². The van der Waals surface area contributed by atoms with Gasteiger partial charge in [-0.25, -0.2) is 0 Å². The molecule has 0 aromatic carbocycles. The minimum absolute atomic E-state index is 0.678. The van der Waals surface area contributed by atoms with E-state index >= 15 is 0 Å². The lowest BCUT2D eigenvalue weighted by atomic mass is 9.99. The van der Waals surface area contributed by atoms with Gasteiger partial charge in [-0.15, -0.1) is 8.58 Å². The van der Waals surface area contributed by atoms with Crippen LogP contribution >= 0.6 is 8.58 Å². The maximum Gasteiger partial charge on any atom is 0.0398 e. The second-order valence-electron chi connectivity index (χ2n) is 5.47. The predicted octanol–water partition coefficient (Wildman–Crippen LogP) is 5.48. The quantitative estimate of drug-likeness (QED) is 0.479. The van der Waals surface area contributed by atoms with Crippen LogP contribution in [0.3, 0.4) is 0 Å². The van der Waals surface area contributed by atoms with Crippen molar-refractivity contribution in [1.29, 1.82) is 0 Å². The molecule has 0 spiro atoms. The summed E-state index contributed by atoms with van der Waals surface area (Å²) in [6.07, 6.45) is 15.1. The smallest absolute Gasteiger partial charge is 0.0398 e. The summed E-state index contributed by atoms with van der Waals surface area (Å²) < 4.78 is 0. The van der Waals surface area contributed by atoms with Crippen LogP contribution in [0.5, 0.6) is 0 Å². The van der Waals surface area contributed by atoms with Crippen LogP contribution in [-0.4, -0.2) is 24.3 Å². The highest BCUT2D eigenvalue weighted by Crippen LogP contribution is 2.33. The van der Waals surface area contributed by atoms with Gasteiger partial charge in [0.2, 0.25) is 0 Å². The van der Waals surface area contributed by atoms with E-state index in [1.54, 1.807) is 0 Å². The fourth-order valence-corrected chi connectivity index (χ4v) is 3.66. The third-order valence-corrected chi connectivity index (χ3v) is 5.41. The van der Waals surface area contributed by atoms with Crippen molar-refractivity contribution in [2.45, 2.75) is 51.6 Å². The molecular weight excluding hydrogens is 261 g/mol. The lowest BCUT2D eigenvalue weighted by Gasteiger charge is -2.27.